The Hall–Kier alpha value is -0.390. The summed E-state index contributed by atoms with van der Waals surface area (Å²) in [5.41, 5.74) is 0. The Balaban J connectivity index is 2.21. The summed E-state index contributed by atoms with van der Waals surface area (Å²) in [5.74, 6) is 0.0117. The van der Waals surface area contributed by atoms with Gasteiger partial charge in [-0.3, -0.25) is 4.79 Å². The van der Waals surface area contributed by atoms with Gasteiger partial charge < -0.3 is 10.4 Å². The molecule has 1 aromatic heterocycles. The van der Waals surface area contributed by atoms with E-state index in [1.807, 2.05) is 19.1 Å². The van der Waals surface area contributed by atoms with Crippen LogP contribution in [0.4, 0.5) is 0 Å². The zero-order chi connectivity index (χ0) is 12.0. The molecular weight excluding hydrogens is 290 g/mol. The van der Waals surface area contributed by atoms with E-state index in [-0.39, 0.29) is 12.0 Å². The van der Waals surface area contributed by atoms with Crippen LogP contribution in [0.5, 0.6) is 0 Å². The molecule has 1 unspecified atom stereocenters. The summed E-state index contributed by atoms with van der Waals surface area (Å²) in [5, 5.41) is 12.1. The van der Waals surface area contributed by atoms with Crippen LogP contribution in [0.1, 0.15) is 24.6 Å². The van der Waals surface area contributed by atoms with Crippen LogP contribution in [0.2, 0.25) is 0 Å². The van der Waals surface area contributed by atoms with Crippen LogP contribution < -0.4 is 5.32 Å². The van der Waals surface area contributed by atoms with Crippen LogP contribution in [0.25, 0.3) is 0 Å². The minimum absolute atomic E-state index is 0.0117. The van der Waals surface area contributed by atoms with E-state index in [0.29, 0.717) is 19.4 Å². The van der Waals surface area contributed by atoms with Crippen molar-refractivity contribution in [3.8, 4) is 0 Å². The fraction of sp³-hybridized carbons (Fsp3) is 0.545. The molecule has 2 N–H and O–H groups in total. The standard InChI is InChI=1S/C11H16BrNO2S/c1-2-8(14)5-6-13-11(15)7-9-3-4-10(12)16-9/h3-4,8,14H,2,5-7H2,1H3,(H,13,15). The highest BCUT2D eigenvalue weighted by Gasteiger charge is 2.06. The second-order valence-electron chi connectivity index (χ2n) is 3.58. The van der Waals surface area contributed by atoms with Crippen molar-refractivity contribution in [2.24, 2.45) is 0 Å². The van der Waals surface area contributed by atoms with Gasteiger partial charge >= 0.3 is 0 Å². The van der Waals surface area contributed by atoms with Crippen LogP contribution in [-0.2, 0) is 11.2 Å². The number of carbonyl (C=O) groups excluding carboxylic acids is 1. The van der Waals surface area contributed by atoms with Crippen LogP contribution >= 0.6 is 27.3 Å². The Labute approximate surface area is 108 Å². The summed E-state index contributed by atoms with van der Waals surface area (Å²) in [4.78, 5) is 12.5. The molecule has 0 fully saturated rings. The van der Waals surface area contributed by atoms with E-state index in [1.165, 1.54) is 0 Å². The molecule has 1 amide bonds. The van der Waals surface area contributed by atoms with E-state index in [9.17, 15) is 9.90 Å². The lowest BCUT2D eigenvalue weighted by Gasteiger charge is -2.08. The van der Waals surface area contributed by atoms with Gasteiger partial charge in [0.15, 0.2) is 0 Å². The minimum Gasteiger partial charge on any atom is -0.393 e. The van der Waals surface area contributed by atoms with E-state index in [4.69, 9.17) is 0 Å². The van der Waals surface area contributed by atoms with Gasteiger partial charge in [-0.25, -0.2) is 0 Å². The number of carbonyl (C=O) groups is 1. The number of amides is 1. The third kappa shape index (κ3) is 5.09. The van der Waals surface area contributed by atoms with Crippen molar-refractivity contribution in [1.29, 1.82) is 0 Å². The van der Waals surface area contributed by atoms with Crippen molar-refractivity contribution in [3.05, 3.63) is 20.8 Å². The topological polar surface area (TPSA) is 49.3 Å². The van der Waals surface area contributed by atoms with Gasteiger partial charge in [-0.1, -0.05) is 6.92 Å². The summed E-state index contributed by atoms with van der Waals surface area (Å²) < 4.78 is 1.04. The number of aliphatic hydroxyl groups excluding tert-OH is 1. The molecule has 0 radical (unpaired) electrons. The quantitative estimate of drug-likeness (QED) is 0.847. The lowest BCUT2D eigenvalue weighted by Crippen LogP contribution is -2.28. The van der Waals surface area contributed by atoms with E-state index in [0.717, 1.165) is 15.1 Å². The smallest absolute Gasteiger partial charge is 0.225 e. The van der Waals surface area contributed by atoms with Crippen LogP contribution in [0.15, 0.2) is 15.9 Å². The van der Waals surface area contributed by atoms with Crippen LogP contribution in [0, 0.1) is 0 Å². The van der Waals surface area contributed by atoms with Gasteiger partial charge in [-0.05, 0) is 40.9 Å². The molecule has 1 rings (SSSR count). The highest BCUT2D eigenvalue weighted by Crippen LogP contribution is 2.22. The molecule has 5 heteroatoms. The van der Waals surface area contributed by atoms with E-state index in [1.54, 1.807) is 11.3 Å². The van der Waals surface area contributed by atoms with Gasteiger partial charge in [0, 0.05) is 11.4 Å². The van der Waals surface area contributed by atoms with Crippen molar-refractivity contribution in [2.45, 2.75) is 32.3 Å². The van der Waals surface area contributed by atoms with E-state index >= 15 is 0 Å². The average molecular weight is 306 g/mol. The van der Waals surface area contributed by atoms with Crippen molar-refractivity contribution in [1.82, 2.24) is 5.32 Å². The molecule has 1 aromatic rings. The summed E-state index contributed by atoms with van der Waals surface area (Å²) in [6, 6.07) is 3.88. The summed E-state index contributed by atoms with van der Waals surface area (Å²) in [6.07, 6.45) is 1.46. The zero-order valence-electron chi connectivity index (χ0n) is 9.20. The molecule has 0 aromatic carbocycles. The first-order valence-electron chi connectivity index (χ1n) is 5.30. The third-order valence-electron chi connectivity index (χ3n) is 2.23. The predicted octanol–water partition coefficient (Wildman–Crippen LogP) is 2.33. The maximum absolute atomic E-state index is 11.5. The molecule has 0 aliphatic heterocycles. The monoisotopic (exact) mass is 305 g/mol. The normalized spacial score (nSPS) is 12.4. The van der Waals surface area contributed by atoms with Crippen LogP contribution in [0.3, 0.4) is 0 Å². The molecule has 0 saturated carbocycles. The average Bonchev–Trinajstić information content (AvgIpc) is 2.63. The lowest BCUT2D eigenvalue weighted by molar-refractivity contribution is -0.120. The van der Waals surface area contributed by atoms with Crippen molar-refractivity contribution in [2.75, 3.05) is 6.54 Å². The summed E-state index contributed by atoms with van der Waals surface area (Å²) >= 11 is 4.92. The third-order valence-corrected chi connectivity index (χ3v) is 3.86. The maximum atomic E-state index is 11.5. The highest BCUT2D eigenvalue weighted by molar-refractivity contribution is 9.11. The molecule has 1 atom stereocenters. The molecule has 0 aliphatic carbocycles. The summed E-state index contributed by atoms with van der Waals surface area (Å²) in [7, 11) is 0. The van der Waals surface area contributed by atoms with Gasteiger partial charge in [0.1, 0.15) is 0 Å². The first-order valence-corrected chi connectivity index (χ1v) is 6.91. The Bertz CT molecular complexity index is 340. The number of hydrogen-bond acceptors (Lipinski definition) is 3. The fourth-order valence-electron chi connectivity index (χ4n) is 1.25. The number of hydrogen-bond donors (Lipinski definition) is 2. The molecule has 3 nitrogen and oxygen atoms in total. The first-order chi connectivity index (χ1) is 7.61. The van der Waals surface area contributed by atoms with Crippen molar-refractivity contribution < 1.29 is 9.90 Å². The number of aliphatic hydroxyl groups is 1. The second kappa shape index (κ2) is 7.04. The molecule has 0 saturated heterocycles. The largest absolute Gasteiger partial charge is 0.393 e. The summed E-state index contributed by atoms with van der Waals surface area (Å²) in [6.45, 7) is 2.47. The fourth-order valence-corrected chi connectivity index (χ4v) is 2.73. The Morgan fingerprint density at radius 3 is 2.94 bits per heavy atom. The number of rotatable bonds is 6. The highest BCUT2D eigenvalue weighted by atomic mass is 79.9. The van der Waals surface area contributed by atoms with E-state index in [2.05, 4.69) is 21.2 Å². The number of nitrogens with one attached hydrogen (secondary N) is 1. The Morgan fingerprint density at radius 2 is 2.38 bits per heavy atom. The minimum atomic E-state index is -0.309. The van der Waals surface area contributed by atoms with Gasteiger partial charge in [0.25, 0.3) is 0 Å². The molecule has 0 aliphatic rings. The van der Waals surface area contributed by atoms with Crippen molar-refractivity contribution >= 4 is 33.2 Å². The van der Waals surface area contributed by atoms with Gasteiger partial charge in [0.2, 0.25) is 5.91 Å². The lowest BCUT2D eigenvalue weighted by atomic mass is 10.2. The predicted molar refractivity (Wildman–Crippen MR) is 69.6 cm³/mol. The molecule has 90 valence electrons. The van der Waals surface area contributed by atoms with Gasteiger partial charge in [-0.2, -0.15) is 0 Å². The van der Waals surface area contributed by atoms with Crippen molar-refractivity contribution in [3.63, 3.8) is 0 Å². The zero-order valence-corrected chi connectivity index (χ0v) is 11.6. The van der Waals surface area contributed by atoms with Crippen LogP contribution in [-0.4, -0.2) is 23.7 Å². The number of halogens is 1. The molecule has 0 bridgehead atoms. The molecule has 16 heavy (non-hydrogen) atoms. The second-order valence-corrected chi connectivity index (χ2v) is 6.13. The molecular formula is C11H16BrNO2S. The molecule has 1 heterocycles. The van der Waals surface area contributed by atoms with Gasteiger partial charge in [0.05, 0.1) is 16.3 Å². The maximum Gasteiger partial charge on any atom is 0.225 e. The van der Waals surface area contributed by atoms with Gasteiger partial charge in [-0.15, -0.1) is 11.3 Å². The Morgan fingerprint density at radius 1 is 1.62 bits per heavy atom. The Kier molecular flexibility index (Phi) is 6.01. The number of thiophene rings is 1. The van der Waals surface area contributed by atoms with E-state index < -0.39 is 0 Å². The SMILES string of the molecule is CCC(O)CCNC(=O)Cc1ccc(Br)s1. The molecule has 0 spiro atoms. The first kappa shape index (κ1) is 13.7.